The van der Waals surface area contributed by atoms with Crippen LogP contribution in [-0.4, -0.2) is 43.8 Å². The van der Waals surface area contributed by atoms with Gasteiger partial charge < -0.3 is 15.4 Å². The van der Waals surface area contributed by atoms with Crippen molar-refractivity contribution in [1.82, 2.24) is 20.4 Å². The highest BCUT2D eigenvalue weighted by Gasteiger charge is 2.48. The second-order valence-corrected chi connectivity index (χ2v) is 12.5. The van der Waals surface area contributed by atoms with Crippen molar-refractivity contribution in [2.24, 2.45) is 0 Å². The number of nitrogens with zero attached hydrogens (tertiary/aromatic N) is 2. The van der Waals surface area contributed by atoms with Gasteiger partial charge in [0, 0.05) is 6.54 Å². The molecule has 0 saturated heterocycles. The van der Waals surface area contributed by atoms with Crippen LogP contribution in [0.3, 0.4) is 0 Å². The summed E-state index contributed by atoms with van der Waals surface area (Å²) in [6.45, 7) is 0.802. The molecule has 1 aliphatic rings. The van der Waals surface area contributed by atoms with Gasteiger partial charge in [-0.2, -0.15) is 5.10 Å². The van der Waals surface area contributed by atoms with Crippen LogP contribution in [0, 0.1) is 0 Å². The van der Waals surface area contributed by atoms with E-state index in [9.17, 15) is 13.2 Å². The Balaban J connectivity index is 0.00000336. The minimum absolute atomic E-state index is 0. The van der Waals surface area contributed by atoms with Crippen LogP contribution < -0.4 is 20.1 Å². The fourth-order valence-corrected chi connectivity index (χ4v) is 6.75. The molecule has 3 N–H and O–H groups in total. The fraction of sp³-hybridized carbons (Fsp3) is 0.280. The summed E-state index contributed by atoms with van der Waals surface area (Å²) < 4.78 is 36.3. The third-order valence-electron chi connectivity index (χ3n) is 6.44. The third-order valence-corrected chi connectivity index (χ3v) is 9.51. The number of ether oxygens (including phenoxy) is 1. The Morgan fingerprint density at radius 1 is 1.16 bits per heavy atom. The quantitative estimate of drug-likeness (QED) is 0.250. The Morgan fingerprint density at radius 2 is 1.89 bits per heavy atom. The van der Waals surface area contributed by atoms with Gasteiger partial charge >= 0.3 is 0 Å². The first kappa shape index (κ1) is 28.2. The van der Waals surface area contributed by atoms with Crippen LogP contribution in [0.25, 0.3) is 10.9 Å². The van der Waals surface area contributed by atoms with Crippen LogP contribution in [0.1, 0.15) is 24.0 Å². The molecule has 2 aromatic carbocycles. The van der Waals surface area contributed by atoms with E-state index in [1.165, 1.54) is 19.2 Å². The summed E-state index contributed by atoms with van der Waals surface area (Å²) in [7, 11) is -0.558. The average molecular weight is 597 g/mol. The lowest BCUT2D eigenvalue weighted by atomic mass is 10.1. The normalized spacial score (nSPS) is 14.1. The van der Waals surface area contributed by atoms with Gasteiger partial charge in [-0.15, -0.1) is 23.7 Å². The zero-order chi connectivity index (χ0) is 26.2. The maximum Gasteiger partial charge on any atom is 0.272 e. The Hall–Kier alpha value is -2.83. The number of fused-ring (bicyclic) bond motifs is 1. The number of rotatable bonds is 10. The van der Waals surface area contributed by atoms with Crippen molar-refractivity contribution in [3.8, 4) is 5.75 Å². The molecule has 0 atom stereocenters. The molecule has 0 unspecified atom stereocenters. The van der Waals surface area contributed by atoms with Crippen LogP contribution in [0.4, 0.5) is 5.82 Å². The summed E-state index contributed by atoms with van der Waals surface area (Å²) in [5.74, 6) is 0.678. The summed E-state index contributed by atoms with van der Waals surface area (Å²) in [5, 5.41) is 11.3. The average Bonchev–Trinajstić information content (AvgIpc) is 3.46. The highest BCUT2D eigenvalue weighted by molar-refractivity contribution is 7.94. The smallest absolute Gasteiger partial charge is 0.272 e. The molecule has 1 aliphatic carbocycles. The van der Waals surface area contributed by atoms with E-state index in [1.54, 1.807) is 17.8 Å². The van der Waals surface area contributed by atoms with Crippen molar-refractivity contribution >= 4 is 68.0 Å². The van der Waals surface area contributed by atoms with Crippen molar-refractivity contribution in [3.05, 3.63) is 70.1 Å². The number of anilines is 1. The second kappa shape index (κ2) is 11.1. The number of carbonyl (C=O) groups is 1. The molecule has 5 rings (SSSR count). The Bertz CT molecular complexity index is 1580. The zero-order valence-electron chi connectivity index (χ0n) is 20.7. The molecule has 0 radical (unpaired) electrons. The van der Waals surface area contributed by atoms with Crippen LogP contribution >= 0.6 is 35.3 Å². The maximum atomic E-state index is 13.0. The Morgan fingerprint density at radius 3 is 2.55 bits per heavy atom. The number of halogens is 2. The molecule has 1 amide bonds. The van der Waals surface area contributed by atoms with E-state index in [1.807, 2.05) is 36.4 Å². The summed E-state index contributed by atoms with van der Waals surface area (Å²) in [5.41, 5.74) is 2.20. The van der Waals surface area contributed by atoms with Crippen LogP contribution in [-0.2, 0) is 27.9 Å². The monoisotopic (exact) mass is 595 g/mol. The van der Waals surface area contributed by atoms with Crippen LogP contribution in [0.15, 0.2) is 58.8 Å². The largest absolute Gasteiger partial charge is 0.496 e. The summed E-state index contributed by atoms with van der Waals surface area (Å²) in [4.78, 5) is 12.5. The summed E-state index contributed by atoms with van der Waals surface area (Å²) in [6.07, 6.45) is 1.69. The van der Waals surface area contributed by atoms with E-state index in [-0.39, 0.29) is 28.3 Å². The van der Waals surface area contributed by atoms with Gasteiger partial charge in [0.15, 0.2) is 5.82 Å². The molecule has 1 fully saturated rings. The molecule has 1 saturated carbocycles. The van der Waals surface area contributed by atoms with Gasteiger partial charge in [0.25, 0.3) is 10.0 Å². The molecule has 0 aliphatic heterocycles. The van der Waals surface area contributed by atoms with Crippen LogP contribution in [0.2, 0.25) is 4.34 Å². The molecule has 0 spiro atoms. The number of carbonyl (C=O) groups excluding carboxylic acids is 1. The molecular formula is C25H27Cl2N5O4S2. The van der Waals surface area contributed by atoms with Gasteiger partial charge in [-0.1, -0.05) is 41.9 Å². The number of methoxy groups -OCH3 is 1. The van der Waals surface area contributed by atoms with E-state index in [4.69, 9.17) is 16.3 Å². The van der Waals surface area contributed by atoms with E-state index in [2.05, 4.69) is 20.5 Å². The zero-order valence-corrected chi connectivity index (χ0v) is 23.9. The lowest BCUT2D eigenvalue weighted by molar-refractivity contribution is -0.124. The lowest BCUT2D eigenvalue weighted by Gasteiger charge is -2.14. The molecule has 202 valence electrons. The number of benzene rings is 2. The van der Waals surface area contributed by atoms with Gasteiger partial charge in [-0.3, -0.25) is 14.2 Å². The molecule has 38 heavy (non-hydrogen) atoms. The van der Waals surface area contributed by atoms with E-state index >= 15 is 0 Å². The summed E-state index contributed by atoms with van der Waals surface area (Å²) in [6, 6.07) is 16.3. The molecule has 0 bridgehead atoms. The van der Waals surface area contributed by atoms with E-state index in [0.717, 1.165) is 35.3 Å². The van der Waals surface area contributed by atoms with Gasteiger partial charge in [0.1, 0.15) is 9.96 Å². The molecular weight excluding hydrogens is 569 g/mol. The first-order chi connectivity index (χ1) is 17.7. The molecule has 2 aromatic heterocycles. The number of aromatic nitrogens is 2. The van der Waals surface area contributed by atoms with Crippen molar-refractivity contribution in [3.63, 3.8) is 0 Å². The number of likely N-dealkylation sites (N-methyl/N-ethyl adjacent to an activating group) is 1. The first-order valence-electron chi connectivity index (χ1n) is 11.6. The summed E-state index contributed by atoms with van der Waals surface area (Å²) >= 11 is 6.92. The first-order valence-corrected chi connectivity index (χ1v) is 14.3. The minimum atomic E-state index is -3.89. The highest BCUT2D eigenvalue weighted by atomic mass is 35.5. The number of amides is 1. The maximum absolute atomic E-state index is 13.0. The predicted octanol–water partition coefficient (Wildman–Crippen LogP) is 4.40. The number of sulfonamides is 1. The van der Waals surface area contributed by atoms with Gasteiger partial charge in [-0.25, -0.2) is 8.42 Å². The second-order valence-electron chi connectivity index (χ2n) is 8.86. The molecule has 2 heterocycles. The topological polar surface area (TPSA) is 114 Å². The highest BCUT2D eigenvalue weighted by Crippen LogP contribution is 2.36. The Labute approximate surface area is 236 Å². The SMILES string of the molecule is CNC1(C(=O)NCc2cccc(Cn3nc(NS(=O)(=O)c4ccc(Cl)s4)c4c(OC)cccc43)c2)CC1.Cl. The van der Waals surface area contributed by atoms with E-state index in [0.29, 0.717) is 34.1 Å². The van der Waals surface area contributed by atoms with Crippen molar-refractivity contribution in [2.75, 3.05) is 18.9 Å². The molecule has 4 aromatic rings. The van der Waals surface area contributed by atoms with Gasteiger partial charge in [0.05, 0.1) is 34.4 Å². The third kappa shape index (κ3) is 5.62. The van der Waals surface area contributed by atoms with Gasteiger partial charge in [-0.05, 0) is 55.3 Å². The lowest BCUT2D eigenvalue weighted by Crippen LogP contribution is -2.44. The van der Waals surface area contributed by atoms with Crippen LogP contribution in [0.5, 0.6) is 5.75 Å². The van der Waals surface area contributed by atoms with Crippen molar-refractivity contribution < 1.29 is 17.9 Å². The van der Waals surface area contributed by atoms with Crippen molar-refractivity contribution in [1.29, 1.82) is 0 Å². The van der Waals surface area contributed by atoms with E-state index < -0.39 is 15.6 Å². The number of hydrogen-bond acceptors (Lipinski definition) is 7. The molecule has 13 heteroatoms. The number of nitrogens with one attached hydrogen (secondary N) is 3. The molecule has 9 nitrogen and oxygen atoms in total. The number of thiophene rings is 1. The fourth-order valence-electron chi connectivity index (χ4n) is 4.26. The number of hydrogen-bond donors (Lipinski definition) is 3. The minimum Gasteiger partial charge on any atom is -0.496 e. The van der Waals surface area contributed by atoms with Gasteiger partial charge in [0.2, 0.25) is 5.91 Å². The van der Waals surface area contributed by atoms with Crippen molar-refractivity contribution in [2.45, 2.75) is 35.7 Å². The predicted molar refractivity (Wildman–Crippen MR) is 152 cm³/mol. The Kier molecular flexibility index (Phi) is 8.24. The standard InChI is InChI=1S/C25H26ClN5O4S2.ClH/c1-27-25(11-12-25)24(32)28-14-16-5-3-6-17(13-16)15-31-18-7-4-8-19(35-2)22(18)23(29-31)30-37(33,34)21-10-9-20(26)36-21;/h3-10,13,27H,11-12,14-15H2,1-2H3,(H,28,32)(H,29,30);1H.